The zero-order valence-corrected chi connectivity index (χ0v) is 12.8. The first-order chi connectivity index (χ1) is 9.47. The Bertz CT molecular complexity index is 336. The van der Waals surface area contributed by atoms with Gasteiger partial charge in [-0.05, 0) is 19.9 Å². The lowest BCUT2D eigenvalue weighted by Crippen LogP contribution is -2.56. The number of carbonyl (C=O) groups excluding carboxylic acids is 1. The molecule has 1 rings (SSSR count). The summed E-state index contributed by atoms with van der Waals surface area (Å²) in [7, 11) is 0. The van der Waals surface area contributed by atoms with Gasteiger partial charge < -0.3 is 15.3 Å². The Morgan fingerprint density at radius 3 is 2.55 bits per heavy atom. The van der Waals surface area contributed by atoms with Gasteiger partial charge in [0.05, 0.1) is 6.42 Å². The Morgan fingerprint density at radius 1 is 1.35 bits per heavy atom. The van der Waals surface area contributed by atoms with E-state index in [1.807, 2.05) is 6.92 Å². The number of hydrogen-bond donors (Lipinski definition) is 2. The van der Waals surface area contributed by atoms with Gasteiger partial charge in [-0.2, -0.15) is 0 Å². The van der Waals surface area contributed by atoms with Gasteiger partial charge in [0, 0.05) is 31.7 Å². The van der Waals surface area contributed by atoms with E-state index in [4.69, 9.17) is 5.11 Å². The summed E-state index contributed by atoms with van der Waals surface area (Å²) in [5.41, 5.74) is 0. The fourth-order valence-corrected chi connectivity index (χ4v) is 2.70. The molecule has 2 amide bonds. The monoisotopic (exact) mass is 285 g/mol. The molecule has 0 aromatic rings. The summed E-state index contributed by atoms with van der Waals surface area (Å²) in [6.45, 7) is 9.50. The zero-order valence-electron chi connectivity index (χ0n) is 12.8. The first kappa shape index (κ1) is 16.8. The molecule has 0 bridgehead atoms. The zero-order chi connectivity index (χ0) is 15.1. The quantitative estimate of drug-likeness (QED) is 0.773. The third-order valence-electron chi connectivity index (χ3n) is 3.84. The van der Waals surface area contributed by atoms with Crippen molar-refractivity contribution in [2.45, 2.75) is 52.1 Å². The van der Waals surface area contributed by atoms with Crippen molar-refractivity contribution >= 4 is 12.0 Å². The van der Waals surface area contributed by atoms with Crippen LogP contribution in [-0.2, 0) is 4.79 Å². The van der Waals surface area contributed by atoms with E-state index in [2.05, 4.69) is 24.1 Å². The van der Waals surface area contributed by atoms with Crippen molar-refractivity contribution in [3.63, 3.8) is 0 Å². The van der Waals surface area contributed by atoms with Gasteiger partial charge >= 0.3 is 12.0 Å². The number of carbonyl (C=O) groups is 2. The first-order valence-electron chi connectivity index (χ1n) is 7.49. The Hall–Kier alpha value is -1.30. The highest BCUT2D eigenvalue weighted by molar-refractivity contribution is 5.76. The van der Waals surface area contributed by atoms with Gasteiger partial charge in [-0.15, -0.1) is 0 Å². The highest BCUT2D eigenvalue weighted by atomic mass is 16.4. The number of amides is 2. The molecule has 2 unspecified atom stereocenters. The van der Waals surface area contributed by atoms with Gasteiger partial charge in [0.2, 0.25) is 0 Å². The molecular weight excluding hydrogens is 258 g/mol. The maximum Gasteiger partial charge on any atom is 0.317 e. The van der Waals surface area contributed by atoms with Crippen LogP contribution >= 0.6 is 0 Å². The van der Waals surface area contributed by atoms with E-state index < -0.39 is 5.97 Å². The van der Waals surface area contributed by atoms with E-state index in [1.54, 1.807) is 4.90 Å². The highest BCUT2D eigenvalue weighted by Crippen LogP contribution is 2.10. The molecule has 1 aliphatic heterocycles. The minimum atomic E-state index is -0.868. The molecule has 0 aromatic heterocycles. The van der Waals surface area contributed by atoms with Gasteiger partial charge in [0.15, 0.2) is 0 Å². The molecule has 6 heteroatoms. The van der Waals surface area contributed by atoms with E-state index in [1.165, 1.54) is 0 Å². The van der Waals surface area contributed by atoms with Crippen LogP contribution in [0.4, 0.5) is 4.79 Å². The number of rotatable bonds is 6. The predicted octanol–water partition coefficient (Wildman–Crippen LogP) is 1.37. The van der Waals surface area contributed by atoms with Crippen LogP contribution in [0.2, 0.25) is 0 Å². The maximum atomic E-state index is 12.2. The summed E-state index contributed by atoms with van der Waals surface area (Å²) in [5.74, 6) is -0.868. The Labute approximate surface area is 121 Å². The normalized spacial score (nSPS) is 21.6. The van der Waals surface area contributed by atoms with E-state index in [9.17, 15) is 9.59 Å². The molecule has 20 heavy (non-hydrogen) atoms. The predicted molar refractivity (Wildman–Crippen MR) is 77.8 cm³/mol. The van der Waals surface area contributed by atoms with Gasteiger partial charge in [-0.1, -0.05) is 20.3 Å². The van der Waals surface area contributed by atoms with E-state index in [-0.39, 0.29) is 18.5 Å². The van der Waals surface area contributed by atoms with Crippen molar-refractivity contribution in [2.24, 2.45) is 0 Å². The molecule has 2 N–H and O–H groups in total. The third-order valence-corrected chi connectivity index (χ3v) is 3.84. The van der Waals surface area contributed by atoms with E-state index in [0.717, 1.165) is 19.5 Å². The van der Waals surface area contributed by atoms with Gasteiger partial charge in [0.25, 0.3) is 0 Å². The molecule has 1 saturated heterocycles. The van der Waals surface area contributed by atoms with Crippen LogP contribution in [0.5, 0.6) is 0 Å². The number of carboxylic acids is 1. The molecule has 0 radical (unpaired) electrons. The number of likely N-dealkylation sites (N-methyl/N-ethyl adjacent to an activating group) is 1. The molecule has 1 fully saturated rings. The molecule has 1 heterocycles. The third kappa shape index (κ3) is 5.00. The second-order valence-electron chi connectivity index (χ2n) is 5.46. The second-order valence-corrected chi connectivity index (χ2v) is 5.46. The fraction of sp³-hybridized carbons (Fsp3) is 0.857. The summed E-state index contributed by atoms with van der Waals surface area (Å²) in [6.07, 6.45) is 1.55. The van der Waals surface area contributed by atoms with Crippen LogP contribution in [0.15, 0.2) is 0 Å². The number of piperazine rings is 1. The van der Waals surface area contributed by atoms with Crippen LogP contribution in [0.3, 0.4) is 0 Å². The SMILES string of the molecule is CCCC(CC(=O)O)NC(=O)N1CCN(CC)C(C)C1. The molecule has 1 aliphatic rings. The number of nitrogens with one attached hydrogen (secondary N) is 1. The molecular formula is C14H27N3O3. The minimum absolute atomic E-state index is 0.00986. The number of aliphatic carboxylic acids is 1. The molecule has 2 atom stereocenters. The van der Waals surface area contributed by atoms with Crippen molar-refractivity contribution in [2.75, 3.05) is 26.2 Å². The topological polar surface area (TPSA) is 72.9 Å². The van der Waals surface area contributed by atoms with E-state index >= 15 is 0 Å². The Morgan fingerprint density at radius 2 is 2.05 bits per heavy atom. The molecule has 0 aromatic carbocycles. The minimum Gasteiger partial charge on any atom is -0.481 e. The van der Waals surface area contributed by atoms with Gasteiger partial charge in [-0.3, -0.25) is 9.69 Å². The van der Waals surface area contributed by atoms with Crippen molar-refractivity contribution in [1.82, 2.24) is 15.1 Å². The Balaban J connectivity index is 2.50. The Kier molecular flexibility index (Phi) is 6.78. The summed E-state index contributed by atoms with van der Waals surface area (Å²) in [6, 6.07) is -0.0552. The van der Waals surface area contributed by atoms with Crippen LogP contribution < -0.4 is 5.32 Å². The van der Waals surface area contributed by atoms with Crippen LogP contribution in [-0.4, -0.2) is 65.2 Å². The lowest BCUT2D eigenvalue weighted by atomic mass is 10.1. The molecule has 0 aliphatic carbocycles. The average molecular weight is 285 g/mol. The largest absolute Gasteiger partial charge is 0.481 e. The molecule has 116 valence electrons. The number of hydrogen-bond acceptors (Lipinski definition) is 3. The van der Waals surface area contributed by atoms with Crippen molar-refractivity contribution in [1.29, 1.82) is 0 Å². The lowest BCUT2D eigenvalue weighted by molar-refractivity contribution is -0.137. The number of nitrogens with zero attached hydrogens (tertiary/aromatic N) is 2. The number of carboxylic acid groups (broad SMARTS) is 1. The van der Waals surface area contributed by atoms with Gasteiger partial charge in [-0.25, -0.2) is 4.79 Å². The highest BCUT2D eigenvalue weighted by Gasteiger charge is 2.27. The van der Waals surface area contributed by atoms with Gasteiger partial charge in [0.1, 0.15) is 0 Å². The summed E-state index contributed by atoms with van der Waals surface area (Å²) in [5, 5.41) is 11.7. The lowest BCUT2D eigenvalue weighted by Gasteiger charge is -2.39. The average Bonchev–Trinajstić information content (AvgIpc) is 2.38. The smallest absolute Gasteiger partial charge is 0.317 e. The molecule has 0 spiro atoms. The van der Waals surface area contributed by atoms with Crippen LogP contribution in [0.1, 0.15) is 40.0 Å². The fourth-order valence-electron chi connectivity index (χ4n) is 2.70. The van der Waals surface area contributed by atoms with Crippen LogP contribution in [0.25, 0.3) is 0 Å². The second kappa shape index (κ2) is 8.09. The summed E-state index contributed by atoms with van der Waals surface area (Å²) < 4.78 is 0. The summed E-state index contributed by atoms with van der Waals surface area (Å²) in [4.78, 5) is 27.1. The van der Waals surface area contributed by atoms with E-state index in [0.29, 0.717) is 25.6 Å². The number of urea groups is 1. The van der Waals surface area contributed by atoms with Crippen molar-refractivity contribution in [3.05, 3.63) is 0 Å². The molecule has 6 nitrogen and oxygen atoms in total. The van der Waals surface area contributed by atoms with Crippen molar-refractivity contribution in [3.8, 4) is 0 Å². The van der Waals surface area contributed by atoms with Crippen LogP contribution in [0, 0.1) is 0 Å². The standard InChI is InChI=1S/C14H27N3O3/c1-4-6-12(9-13(18)19)15-14(20)17-8-7-16(5-2)11(3)10-17/h11-12H,4-10H2,1-3H3,(H,15,20)(H,18,19). The molecule has 0 saturated carbocycles. The first-order valence-corrected chi connectivity index (χ1v) is 7.49. The summed E-state index contributed by atoms with van der Waals surface area (Å²) >= 11 is 0. The maximum absolute atomic E-state index is 12.2. The van der Waals surface area contributed by atoms with Crippen molar-refractivity contribution < 1.29 is 14.7 Å².